The lowest BCUT2D eigenvalue weighted by molar-refractivity contribution is 0.00298. The fraction of sp³-hybridized carbons (Fsp3) is 0.500. The van der Waals surface area contributed by atoms with Gasteiger partial charge in [0.25, 0.3) is 0 Å². The van der Waals surface area contributed by atoms with Gasteiger partial charge < -0.3 is 4.74 Å². The molecular weight excluding hydrogens is 282 g/mol. The minimum Gasteiger partial charge on any atom is -0.379 e. The normalized spacial score (nSPS) is 20.0. The monoisotopic (exact) mass is 303 g/mol. The first kappa shape index (κ1) is 14.8. The van der Waals surface area contributed by atoms with Crippen LogP contribution < -0.4 is 0 Å². The predicted octanol–water partition coefficient (Wildman–Crippen LogP) is 2.75. The summed E-state index contributed by atoms with van der Waals surface area (Å²) in [6, 6.07) is 8.57. The van der Waals surface area contributed by atoms with E-state index in [0.717, 1.165) is 53.8 Å². The first-order valence-corrected chi connectivity index (χ1v) is 8.40. The van der Waals surface area contributed by atoms with Crippen LogP contribution in [0, 0.1) is 6.92 Å². The van der Waals surface area contributed by atoms with Gasteiger partial charge in [0.1, 0.15) is 5.03 Å². The second-order valence-corrected chi connectivity index (χ2v) is 6.49. The lowest BCUT2D eigenvalue weighted by Crippen LogP contribution is -2.44. The fourth-order valence-electron chi connectivity index (χ4n) is 2.56. The van der Waals surface area contributed by atoms with Crippen molar-refractivity contribution in [3.63, 3.8) is 0 Å². The summed E-state index contributed by atoms with van der Waals surface area (Å²) in [4.78, 5) is 11.9. The molecule has 4 nitrogen and oxygen atoms in total. The highest BCUT2D eigenvalue weighted by molar-refractivity contribution is 7.99. The second kappa shape index (κ2) is 6.73. The molecule has 1 aliphatic heterocycles. The lowest BCUT2D eigenvalue weighted by Gasteiger charge is -2.32. The smallest absolute Gasteiger partial charge is 0.118 e. The molecule has 0 bridgehead atoms. The maximum Gasteiger partial charge on any atom is 0.118 e. The third-order valence-corrected chi connectivity index (χ3v) is 4.87. The van der Waals surface area contributed by atoms with E-state index >= 15 is 0 Å². The highest BCUT2D eigenvalue weighted by Crippen LogP contribution is 2.22. The molecule has 1 aromatic carbocycles. The van der Waals surface area contributed by atoms with Gasteiger partial charge in [-0.1, -0.05) is 12.1 Å². The van der Waals surface area contributed by atoms with Crippen molar-refractivity contribution in [3.8, 4) is 0 Å². The minimum absolute atomic E-state index is 0.517. The van der Waals surface area contributed by atoms with Crippen molar-refractivity contribution in [3.05, 3.63) is 30.0 Å². The summed E-state index contributed by atoms with van der Waals surface area (Å²) in [5.41, 5.74) is 2.97. The van der Waals surface area contributed by atoms with E-state index in [-0.39, 0.29) is 0 Å². The summed E-state index contributed by atoms with van der Waals surface area (Å²) in [5, 5.41) is 1.05. The van der Waals surface area contributed by atoms with Crippen LogP contribution in [-0.2, 0) is 4.74 Å². The number of aromatic nitrogens is 2. The van der Waals surface area contributed by atoms with Gasteiger partial charge in [0.2, 0.25) is 0 Å². The maximum absolute atomic E-state index is 5.47. The molecule has 1 aliphatic rings. The highest BCUT2D eigenvalue weighted by atomic mass is 32.2. The molecule has 0 N–H and O–H groups in total. The van der Waals surface area contributed by atoms with Gasteiger partial charge in [-0.25, -0.2) is 9.97 Å². The molecule has 0 amide bonds. The summed E-state index contributed by atoms with van der Waals surface area (Å²) < 4.78 is 5.47. The van der Waals surface area contributed by atoms with Gasteiger partial charge in [-0.05, 0) is 26.0 Å². The molecule has 21 heavy (non-hydrogen) atoms. The minimum atomic E-state index is 0.517. The molecule has 2 heterocycles. The van der Waals surface area contributed by atoms with E-state index in [9.17, 15) is 0 Å². The summed E-state index contributed by atoms with van der Waals surface area (Å²) in [6.07, 6.45) is 0. The highest BCUT2D eigenvalue weighted by Gasteiger charge is 2.18. The molecule has 5 heteroatoms. The van der Waals surface area contributed by atoms with Crippen molar-refractivity contribution in [2.75, 3.05) is 32.1 Å². The number of ether oxygens (including phenoxy) is 1. The summed E-state index contributed by atoms with van der Waals surface area (Å²) in [6.45, 7) is 8.07. The number of rotatable bonds is 4. The van der Waals surface area contributed by atoms with Gasteiger partial charge >= 0.3 is 0 Å². The average Bonchev–Trinajstić information content (AvgIpc) is 2.49. The number of morpholine rings is 1. The Bertz CT molecular complexity index is 619. The molecule has 3 rings (SSSR count). The molecule has 1 saturated heterocycles. The van der Waals surface area contributed by atoms with Crippen LogP contribution in [0.15, 0.2) is 29.3 Å². The maximum atomic E-state index is 5.47. The Morgan fingerprint density at radius 1 is 1.29 bits per heavy atom. The standard InChI is InChI=1S/C16H21N3OS/c1-12-11-20-9-7-19(12)8-10-21-16-13(2)17-14-5-3-4-6-15(14)18-16/h3-6,12H,7-11H2,1-2H3/t12-/m0/s1. The third-order valence-electron chi connectivity index (χ3n) is 3.82. The number of para-hydroxylation sites is 2. The lowest BCUT2D eigenvalue weighted by atomic mass is 10.2. The summed E-state index contributed by atoms with van der Waals surface area (Å²) in [7, 11) is 0. The summed E-state index contributed by atoms with van der Waals surface area (Å²) in [5.74, 6) is 1.04. The predicted molar refractivity (Wildman–Crippen MR) is 86.9 cm³/mol. The Kier molecular flexibility index (Phi) is 4.73. The van der Waals surface area contributed by atoms with E-state index in [1.807, 2.05) is 31.2 Å². The SMILES string of the molecule is Cc1nc2ccccc2nc1SCCN1CCOC[C@@H]1C. The average molecular weight is 303 g/mol. The van der Waals surface area contributed by atoms with E-state index in [2.05, 4.69) is 16.8 Å². The summed E-state index contributed by atoms with van der Waals surface area (Å²) >= 11 is 1.80. The van der Waals surface area contributed by atoms with Gasteiger partial charge in [0.05, 0.1) is 29.9 Å². The van der Waals surface area contributed by atoms with Crippen LogP contribution in [0.25, 0.3) is 11.0 Å². The molecule has 1 atom stereocenters. The Hall–Kier alpha value is -1.17. The number of nitrogens with zero attached hydrogens (tertiary/aromatic N) is 3. The number of hydrogen-bond acceptors (Lipinski definition) is 5. The number of aryl methyl sites for hydroxylation is 1. The first-order valence-electron chi connectivity index (χ1n) is 7.42. The van der Waals surface area contributed by atoms with Crippen LogP contribution in [0.2, 0.25) is 0 Å². The van der Waals surface area contributed by atoms with Crippen LogP contribution in [0.3, 0.4) is 0 Å². The van der Waals surface area contributed by atoms with Gasteiger partial charge in [-0.3, -0.25) is 4.90 Å². The van der Waals surface area contributed by atoms with Gasteiger partial charge in [0.15, 0.2) is 0 Å². The Morgan fingerprint density at radius 3 is 2.81 bits per heavy atom. The van der Waals surface area contributed by atoms with Crippen LogP contribution in [0.1, 0.15) is 12.6 Å². The Balaban J connectivity index is 1.63. The molecule has 0 radical (unpaired) electrons. The molecule has 112 valence electrons. The van der Waals surface area contributed by atoms with Gasteiger partial charge in [-0.2, -0.15) is 0 Å². The van der Waals surface area contributed by atoms with Gasteiger partial charge in [0, 0.05) is 24.9 Å². The van der Waals surface area contributed by atoms with Crippen LogP contribution >= 0.6 is 11.8 Å². The van der Waals surface area contributed by atoms with Crippen molar-refractivity contribution in [2.45, 2.75) is 24.9 Å². The van der Waals surface area contributed by atoms with E-state index in [1.54, 1.807) is 11.8 Å². The largest absolute Gasteiger partial charge is 0.379 e. The van der Waals surface area contributed by atoms with Crippen LogP contribution in [0.5, 0.6) is 0 Å². The van der Waals surface area contributed by atoms with E-state index in [0.29, 0.717) is 6.04 Å². The molecule has 0 aliphatic carbocycles. The molecule has 2 aromatic rings. The first-order chi connectivity index (χ1) is 10.2. The van der Waals surface area contributed by atoms with Crippen molar-refractivity contribution in [1.82, 2.24) is 14.9 Å². The Morgan fingerprint density at radius 2 is 2.05 bits per heavy atom. The molecule has 0 unspecified atom stereocenters. The van der Waals surface area contributed by atoms with Crippen molar-refractivity contribution >= 4 is 22.8 Å². The molecular formula is C16H21N3OS. The zero-order valence-corrected chi connectivity index (χ0v) is 13.4. The fourth-order valence-corrected chi connectivity index (χ4v) is 3.50. The zero-order valence-electron chi connectivity index (χ0n) is 12.6. The van der Waals surface area contributed by atoms with E-state index in [4.69, 9.17) is 9.72 Å². The van der Waals surface area contributed by atoms with Crippen molar-refractivity contribution in [1.29, 1.82) is 0 Å². The molecule has 0 saturated carbocycles. The van der Waals surface area contributed by atoms with Crippen LogP contribution in [0.4, 0.5) is 0 Å². The number of thioether (sulfide) groups is 1. The van der Waals surface area contributed by atoms with Crippen LogP contribution in [-0.4, -0.2) is 53.0 Å². The number of fused-ring (bicyclic) bond motifs is 1. The number of hydrogen-bond donors (Lipinski definition) is 0. The van der Waals surface area contributed by atoms with E-state index < -0.39 is 0 Å². The van der Waals surface area contributed by atoms with E-state index in [1.165, 1.54) is 0 Å². The molecule has 0 spiro atoms. The number of benzene rings is 1. The second-order valence-electron chi connectivity index (χ2n) is 5.41. The third kappa shape index (κ3) is 3.54. The quantitative estimate of drug-likeness (QED) is 0.812. The van der Waals surface area contributed by atoms with Crippen molar-refractivity contribution < 1.29 is 4.74 Å². The van der Waals surface area contributed by atoms with Crippen molar-refractivity contribution in [2.24, 2.45) is 0 Å². The van der Waals surface area contributed by atoms with Gasteiger partial charge in [-0.15, -0.1) is 11.8 Å². The molecule has 1 aromatic heterocycles. The topological polar surface area (TPSA) is 38.2 Å². The zero-order chi connectivity index (χ0) is 14.7. The Labute approximate surface area is 129 Å². The molecule has 1 fully saturated rings.